The van der Waals surface area contributed by atoms with Gasteiger partial charge in [0.15, 0.2) is 0 Å². The van der Waals surface area contributed by atoms with Crippen LogP contribution in [0.4, 0.5) is 27.8 Å². The van der Waals surface area contributed by atoms with Crippen LogP contribution in [0.5, 0.6) is 23.1 Å². The molecule has 1 aromatic heterocycles. The Kier molecular flexibility index (Phi) is 9.60. The number of anilines is 4. The monoisotopic (exact) mass is 557 g/mol. The third kappa shape index (κ3) is 7.43. The van der Waals surface area contributed by atoms with Gasteiger partial charge in [-0.1, -0.05) is 18.2 Å². The zero-order chi connectivity index (χ0) is 29.4. The number of nitrogens with zero attached hydrogens (tertiary/aromatic N) is 4. The summed E-state index contributed by atoms with van der Waals surface area (Å²) in [4.78, 5) is 26.0. The highest BCUT2D eigenvalue weighted by Gasteiger charge is 2.27. The summed E-state index contributed by atoms with van der Waals surface area (Å²) in [6.07, 6.45) is 0.864. The van der Waals surface area contributed by atoms with E-state index in [2.05, 4.69) is 20.2 Å². The molecule has 0 saturated carbocycles. The van der Waals surface area contributed by atoms with E-state index in [0.717, 1.165) is 29.1 Å². The van der Waals surface area contributed by atoms with Crippen molar-refractivity contribution in [2.75, 3.05) is 51.7 Å². The van der Waals surface area contributed by atoms with Gasteiger partial charge in [0.25, 0.3) is 0 Å². The van der Waals surface area contributed by atoms with Crippen LogP contribution in [0.25, 0.3) is 0 Å². The van der Waals surface area contributed by atoms with E-state index in [4.69, 9.17) is 18.9 Å². The van der Waals surface area contributed by atoms with Crippen LogP contribution in [0.2, 0.25) is 0 Å². The van der Waals surface area contributed by atoms with Crippen molar-refractivity contribution >= 4 is 29.1 Å². The molecule has 0 atom stereocenters. The molecular weight excluding hydrogens is 522 g/mol. The van der Waals surface area contributed by atoms with Crippen molar-refractivity contribution in [2.24, 2.45) is 0 Å². The van der Waals surface area contributed by atoms with Gasteiger partial charge in [-0.25, -0.2) is 14.7 Å². The lowest BCUT2D eigenvalue weighted by atomic mass is 10.1. The molecule has 0 radical (unpaired) electrons. The Labute approximate surface area is 240 Å². The minimum Gasteiger partial charge on any atom is -0.497 e. The molecule has 10 nitrogen and oxygen atoms in total. The summed E-state index contributed by atoms with van der Waals surface area (Å²) < 4.78 is 22.5. The minimum absolute atomic E-state index is 0.0832. The molecule has 1 heterocycles. The molecule has 0 unspecified atom stereocenters. The van der Waals surface area contributed by atoms with E-state index in [1.165, 1.54) is 24.3 Å². The summed E-state index contributed by atoms with van der Waals surface area (Å²) in [5.74, 6) is 2.17. The van der Waals surface area contributed by atoms with Crippen LogP contribution in [0, 0.1) is 13.8 Å². The predicted octanol–water partition coefficient (Wildman–Crippen LogP) is 6.13. The number of aryl methyl sites for hydroxylation is 2. The number of ether oxygens (including phenoxy) is 4. The molecule has 10 heteroatoms. The van der Waals surface area contributed by atoms with Gasteiger partial charge in [-0.15, -0.1) is 0 Å². The van der Waals surface area contributed by atoms with Crippen molar-refractivity contribution in [3.8, 4) is 23.1 Å². The van der Waals surface area contributed by atoms with Crippen LogP contribution >= 0.6 is 0 Å². The Morgan fingerprint density at radius 2 is 1.61 bits per heavy atom. The van der Waals surface area contributed by atoms with Crippen molar-refractivity contribution in [3.05, 3.63) is 84.1 Å². The largest absolute Gasteiger partial charge is 0.497 e. The second-order valence-electron chi connectivity index (χ2n) is 9.50. The summed E-state index contributed by atoms with van der Waals surface area (Å²) in [5, 5.41) is 3.14. The molecule has 0 fully saturated rings. The maximum absolute atomic E-state index is 13.8. The Bertz CT molecular complexity index is 1460. The highest BCUT2D eigenvalue weighted by Crippen LogP contribution is 2.39. The zero-order valence-corrected chi connectivity index (χ0v) is 24.2. The fourth-order valence-electron chi connectivity index (χ4n) is 4.14. The molecule has 0 spiro atoms. The quantitative estimate of drug-likeness (QED) is 0.233. The van der Waals surface area contributed by atoms with E-state index in [0.29, 0.717) is 29.5 Å². The molecule has 0 saturated heterocycles. The summed E-state index contributed by atoms with van der Waals surface area (Å²) >= 11 is 0. The molecular formula is C31H35N5O5. The number of hydrogen-bond donors (Lipinski definition) is 1. The van der Waals surface area contributed by atoms with Gasteiger partial charge in [-0.3, -0.25) is 0 Å². The van der Waals surface area contributed by atoms with E-state index in [1.807, 2.05) is 70.4 Å². The van der Waals surface area contributed by atoms with Gasteiger partial charge in [0, 0.05) is 30.6 Å². The van der Waals surface area contributed by atoms with E-state index >= 15 is 0 Å². The number of carbonyl (C=O) groups is 1. The molecule has 3 aromatic carbocycles. The van der Waals surface area contributed by atoms with Gasteiger partial charge in [-0.05, 0) is 75.5 Å². The summed E-state index contributed by atoms with van der Waals surface area (Å²) in [5.41, 5.74) is 3.71. The van der Waals surface area contributed by atoms with Crippen molar-refractivity contribution in [3.63, 3.8) is 0 Å². The highest BCUT2D eigenvalue weighted by atomic mass is 16.6. The van der Waals surface area contributed by atoms with Crippen LogP contribution in [-0.4, -0.2) is 62.4 Å². The lowest BCUT2D eigenvalue weighted by molar-refractivity contribution is 0.208. The number of benzene rings is 3. The number of rotatable bonds is 11. The Balaban J connectivity index is 1.57. The molecule has 0 aliphatic heterocycles. The fraction of sp³-hybridized carbons (Fsp3) is 0.258. The van der Waals surface area contributed by atoms with Crippen molar-refractivity contribution in [1.82, 2.24) is 14.9 Å². The SMILES string of the molecule is COc1ccc(N(C(=O)Oc2ccnc(Nc3ccc(OCCN(C)C)cc3)n2)c2c(C)cccc2C)c(OC)c1. The van der Waals surface area contributed by atoms with Gasteiger partial charge in [0.2, 0.25) is 11.8 Å². The third-order valence-electron chi connectivity index (χ3n) is 6.21. The lowest BCUT2D eigenvalue weighted by Crippen LogP contribution is -2.31. The van der Waals surface area contributed by atoms with Gasteiger partial charge in [0.05, 0.1) is 25.6 Å². The molecule has 0 aliphatic rings. The maximum atomic E-state index is 13.8. The molecule has 0 bridgehead atoms. The Morgan fingerprint density at radius 1 is 0.902 bits per heavy atom. The molecule has 0 aliphatic carbocycles. The van der Waals surface area contributed by atoms with Crippen LogP contribution in [0.15, 0.2) is 72.9 Å². The van der Waals surface area contributed by atoms with Crippen molar-refractivity contribution < 1.29 is 23.7 Å². The maximum Gasteiger partial charge on any atom is 0.425 e. The zero-order valence-electron chi connectivity index (χ0n) is 24.2. The van der Waals surface area contributed by atoms with E-state index < -0.39 is 6.09 Å². The molecule has 1 amide bonds. The number of para-hydroxylation sites is 1. The standard InChI is InChI=1S/C31H35N5O5/c1-21-8-7-9-22(2)29(21)36(26-15-14-25(38-5)20-27(26)39-6)31(37)41-28-16-17-32-30(34-28)33-23-10-12-24(13-11-23)40-19-18-35(3)4/h7-17,20H,18-19H2,1-6H3,(H,32,33,34). The fourth-order valence-corrected chi connectivity index (χ4v) is 4.14. The number of aromatic nitrogens is 2. The van der Waals surface area contributed by atoms with Crippen LogP contribution in [-0.2, 0) is 0 Å². The average molecular weight is 558 g/mol. The normalized spacial score (nSPS) is 10.7. The van der Waals surface area contributed by atoms with Crippen molar-refractivity contribution in [1.29, 1.82) is 0 Å². The van der Waals surface area contributed by atoms with Crippen LogP contribution < -0.4 is 29.2 Å². The van der Waals surface area contributed by atoms with Gasteiger partial charge < -0.3 is 29.2 Å². The molecule has 4 aromatic rings. The first-order valence-corrected chi connectivity index (χ1v) is 13.1. The number of amides is 1. The molecule has 1 N–H and O–H groups in total. The minimum atomic E-state index is -0.658. The molecule has 41 heavy (non-hydrogen) atoms. The Hall–Kier alpha value is -4.83. The summed E-state index contributed by atoms with van der Waals surface area (Å²) in [7, 11) is 7.11. The summed E-state index contributed by atoms with van der Waals surface area (Å²) in [6.45, 7) is 5.29. The second-order valence-corrected chi connectivity index (χ2v) is 9.50. The number of methoxy groups -OCH3 is 2. The number of nitrogens with one attached hydrogen (secondary N) is 1. The van der Waals surface area contributed by atoms with Gasteiger partial charge in [0.1, 0.15) is 23.9 Å². The van der Waals surface area contributed by atoms with Crippen molar-refractivity contribution in [2.45, 2.75) is 13.8 Å². The average Bonchev–Trinajstić information content (AvgIpc) is 2.96. The lowest BCUT2D eigenvalue weighted by Gasteiger charge is -2.27. The number of likely N-dealkylation sites (N-methyl/N-ethyl adjacent to an activating group) is 1. The predicted molar refractivity (Wildman–Crippen MR) is 159 cm³/mol. The van der Waals surface area contributed by atoms with E-state index in [-0.39, 0.29) is 11.8 Å². The topological polar surface area (TPSA) is 98.3 Å². The number of carbonyl (C=O) groups excluding carboxylic acids is 1. The smallest absolute Gasteiger partial charge is 0.425 e. The van der Waals surface area contributed by atoms with E-state index in [1.54, 1.807) is 25.3 Å². The van der Waals surface area contributed by atoms with Crippen LogP contribution in [0.1, 0.15) is 11.1 Å². The first-order chi connectivity index (χ1) is 19.8. The van der Waals surface area contributed by atoms with Gasteiger partial charge >= 0.3 is 6.09 Å². The van der Waals surface area contributed by atoms with Crippen LogP contribution in [0.3, 0.4) is 0 Å². The first kappa shape index (κ1) is 29.2. The highest BCUT2D eigenvalue weighted by molar-refractivity contribution is 6.00. The Morgan fingerprint density at radius 3 is 2.27 bits per heavy atom. The third-order valence-corrected chi connectivity index (χ3v) is 6.21. The molecule has 214 valence electrons. The summed E-state index contributed by atoms with van der Waals surface area (Å²) in [6, 6.07) is 20.0. The first-order valence-electron chi connectivity index (χ1n) is 13.1. The second kappa shape index (κ2) is 13.5. The van der Waals surface area contributed by atoms with Gasteiger partial charge in [-0.2, -0.15) is 4.98 Å². The molecule has 4 rings (SSSR count). The number of hydrogen-bond acceptors (Lipinski definition) is 9. The van der Waals surface area contributed by atoms with E-state index in [9.17, 15) is 4.79 Å².